The van der Waals surface area contributed by atoms with Gasteiger partial charge in [0.1, 0.15) is 0 Å². The zero-order chi connectivity index (χ0) is 16.0. The van der Waals surface area contributed by atoms with E-state index in [-0.39, 0.29) is 6.42 Å². The fourth-order valence-electron chi connectivity index (χ4n) is 1.48. The lowest BCUT2D eigenvalue weighted by Crippen LogP contribution is -2.38. The summed E-state index contributed by atoms with van der Waals surface area (Å²) in [5.41, 5.74) is -0.666. The largest absolute Gasteiger partial charge is 0.481 e. The number of hydrogen-bond acceptors (Lipinski definition) is 4. The Labute approximate surface area is 127 Å². The van der Waals surface area contributed by atoms with Gasteiger partial charge in [0.15, 0.2) is 0 Å². The van der Waals surface area contributed by atoms with Gasteiger partial charge in [-0.3, -0.25) is 14.9 Å². The Balaban J connectivity index is 2.53. The summed E-state index contributed by atoms with van der Waals surface area (Å²) >= 11 is 1.58. The summed E-state index contributed by atoms with van der Waals surface area (Å²) in [5.74, 6) is -1.73. The first-order chi connectivity index (χ1) is 9.74. The zero-order valence-corrected chi connectivity index (χ0v) is 12.9. The van der Waals surface area contributed by atoms with Gasteiger partial charge in [-0.2, -0.15) is 0 Å². The van der Waals surface area contributed by atoms with Crippen molar-refractivity contribution in [1.29, 1.82) is 0 Å². The smallest absolute Gasteiger partial charge is 0.325 e. The molecule has 0 unspecified atom stereocenters. The number of amides is 3. The molecule has 3 N–H and O–H groups in total. The minimum Gasteiger partial charge on any atom is -0.481 e. The quantitative estimate of drug-likeness (QED) is 0.726. The number of thioether (sulfide) groups is 1. The number of aliphatic carboxylic acids is 1. The van der Waals surface area contributed by atoms with E-state index in [1.807, 2.05) is 18.4 Å². The number of carboxylic acid groups (broad SMARTS) is 1. The second-order valence-corrected chi connectivity index (χ2v) is 5.98. The molecule has 1 rings (SSSR count). The van der Waals surface area contributed by atoms with Crippen molar-refractivity contribution >= 4 is 35.4 Å². The van der Waals surface area contributed by atoms with Gasteiger partial charge in [-0.25, -0.2) is 4.79 Å². The molecule has 0 aromatic heterocycles. The summed E-state index contributed by atoms with van der Waals surface area (Å²) in [6.07, 6.45) is 1.67. The molecule has 0 saturated carbocycles. The normalized spacial score (nSPS) is 10.8. The molecule has 0 bridgehead atoms. The SMILES string of the molecule is CSc1ccc(NC(=O)NC(=O)CC(C)(C)C(=O)O)cc1. The Morgan fingerprint density at radius 1 is 1.19 bits per heavy atom. The van der Waals surface area contributed by atoms with Crippen LogP contribution in [0.2, 0.25) is 0 Å². The van der Waals surface area contributed by atoms with E-state index < -0.39 is 23.3 Å². The number of benzene rings is 1. The third-order valence-electron chi connectivity index (χ3n) is 2.78. The zero-order valence-electron chi connectivity index (χ0n) is 12.1. The predicted octanol–water partition coefficient (Wildman–Crippen LogP) is 2.56. The van der Waals surface area contributed by atoms with Gasteiger partial charge >= 0.3 is 12.0 Å². The molecule has 7 heteroatoms. The minimum atomic E-state index is -1.22. The molecule has 0 heterocycles. The standard InChI is InChI=1S/C14H18N2O4S/c1-14(2,12(18)19)8-11(17)16-13(20)15-9-4-6-10(21-3)7-5-9/h4-7H,8H2,1-3H3,(H,18,19)(H2,15,16,17,20). The second kappa shape index (κ2) is 7.12. The van der Waals surface area contributed by atoms with Crippen LogP contribution in [0.5, 0.6) is 0 Å². The van der Waals surface area contributed by atoms with Crippen molar-refractivity contribution in [2.75, 3.05) is 11.6 Å². The fourth-order valence-corrected chi connectivity index (χ4v) is 1.89. The van der Waals surface area contributed by atoms with Crippen LogP contribution < -0.4 is 10.6 Å². The summed E-state index contributed by atoms with van der Waals surface area (Å²) in [7, 11) is 0. The Kier molecular flexibility index (Phi) is 5.78. The molecule has 0 spiro atoms. The van der Waals surface area contributed by atoms with E-state index in [9.17, 15) is 14.4 Å². The van der Waals surface area contributed by atoms with Crippen molar-refractivity contribution in [3.63, 3.8) is 0 Å². The lowest BCUT2D eigenvalue weighted by atomic mass is 9.89. The number of carbonyl (C=O) groups excluding carboxylic acids is 2. The predicted molar refractivity (Wildman–Crippen MR) is 81.4 cm³/mol. The number of carboxylic acids is 1. The Morgan fingerprint density at radius 2 is 1.76 bits per heavy atom. The molecule has 0 saturated heterocycles. The van der Waals surface area contributed by atoms with Gasteiger partial charge in [0, 0.05) is 17.0 Å². The summed E-state index contributed by atoms with van der Waals surface area (Å²) in [6, 6.07) is 6.44. The van der Waals surface area contributed by atoms with Crippen LogP contribution in [-0.4, -0.2) is 29.3 Å². The van der Waals surface area contributed by atoms with Crippen LogP contribution in [-0.2, 0) is 9.59 Å². The lowest BCUT2D eigenvalue weighted by Gasteiger charge is -2.17. The Hall–Kier alpha value is -2.02. The van der Waals surface area contributed by atoms with Crippen molar-refractivity contribution in [3.05, 3.63) is 24.3 Å². The van der Waals surface area contributed by atoms with Crippen LogP contribution in [0.4, 0.5) is 10.5 Å². The van der Waals surface area contributed by atoms with Crippen molar-refractivity contribution in [3.8, 4) is 0 Å². The van der Waals surface area contributed by atoms with E-state index >= 15 is 0 Å². The van der Waals surface area contributed by atoms with Crippen LogP contribution >= 0.6 is 11.8 Å². The maximum Gasteiger partial charge on any atom is 0.325 e. The van der Waals surface area contributed by atoms with E-state index in [4.69, 9.17) is 5.11 Å². The summed E-state index contributed by atoms with van der Waals surface area (Å²) in [4.78, 5) is 35.2. The number of urea groups is 1. The van der Waals surface area contributed by atoms with Crippen molar-refractivity contribution < 1.29 is 19.5 Å². The van der Waals surface area contributed by atoms with Crippen molar-refractivity contribution in [1.82, 2.24) is 5.32 Å². The molecule has 21 heavy (non-hydrogen) atoms. The first-order valence-electron chi connectivity index (χ1n) is 6.23. The van der Waals surface area contributed by atoms with E-state index in [0.29, 0.717) is 5.69 Å². The van der Waals surface area contributed by atoms with Crippen LogP contribution in [0.15, 0.2) is 29.2 Å². The van der Waals surface area contributed by atoms with Crippen LogP contribution in [0, 0.1) is 5.41 Å². The van der Waals surface area contributed by atoms with E-state index in [1.165, 1.54) is 13.8 Å². The van der Waals surface area contributed by atoms with E-state index in [2.05, 4.69) is 10.6 Å². The summed E-state index contributed by atoms with van der Waals surface area (Å²) in [5, 5.41) is 13.5. The average molecular weight is 310 g/mol. The highest BCUT2D eigenvalue weighted by Crippen LogP contribution is 2.20. The highest BCUT2D eigenvalue weighted by molar-refractivity contribution is 7.98. The highest BCUT2D eigenvalue weighted by atomic mass is 32.2. The molecule has 1 aromatic rings. The molecular weight excluding hydrogens is 292 g/mol. The first-order valence-corrected chi connectivity index (χ1v) is 7.45. The summed E-state index contributed by atoms with van der Waals surface area (Å²) in [6.45, 7) is 2.85. The van der Waals surface area contributed by atoms with Crippen LogP contribution in [0.1, 0.15) is 20.3 Å². The van der Waals surface area contributed by atoms with Gasteiger partial charge in [0.25, 0.3) is 0 Å². The minimum absolute atomic E-state index is 0.277. The number of nitrogens with one attached hydrogen (secondary N) is 2. The highest BCUT2D eigenvalue weighted by Gasteiger charge is 2.30. The Morgan fingerprint density at radius 3 is 2.24 bits per heavy atom. The van der Waals surface area contributed by atoms with E-state index in [0.717, 1.165) is 4.90 Å². The number of imide groups is 1. The third kappa shape index (κ3) is 5.47. The van der Waals surface area contributed by atoms with Gasteiger partial charge in [0.2, 0.25) is 5.91 Å². The van der Waals surface area contributed by atoms with Gasteiger partial charge in [-0.15, -0.1) is 11.8 Å². The molecule has 114 valence electrons. The van der Waals surface area contributed by atoms with Crippen LogP contribution in [0.3, 0.4) is 0 Å². The van der Waals surface area contributed by atoms with E-state index in [1.54, 1.807) is 23.9 Å². The molecule has 0 radical (unpaired) electrons. The maximum absolute atomic E-state index is 11.6. The lowest BCUT2D eigenvalue weighted by molar-refractivity contribution is -0.149. The van der Waals surface area contributed by atoms with Gasteiger partial charge < -0.3 is 10.4 Å². The molecule has 0 fully saturated rings. The number of rotatable bonds is 5. The van der Waals surface area contributed by atoms with Gasteiger partial charge in [-0.05, 0) is 44.4 Å². The summed E-state index contributed by atoms with van der Waals surface area (Å²) < 4.78 is 0. The molecule has 0 aliphatic heterocycles. The van der Waals surface area contributed by atoms with Gasteiger partial charge in [0.05, 0.1) is 5.41 Å². The third-order valence-corrected chi connectivity index (χ3v) is 3.53. The molecule has 0 aliphatic rings. The second-order valence-electron chi connectivity index (χ2n) is 5.10. The fraction of sp³-hybridized carbons (Fsp3) is 0.357. The first kappa shape index (κ1) is 17.0. The maximum atomic E-state index is 11.6. The molecule has 0 atom stereocenters. The van der Waals surface area contributed by atoms with Crippen molar-refractivity contribution in [2.45, 2.75) is 25.2 Å². The van der Waals surface area contributed by atoms with Crippen molar-refractivity contribution in [2.24, 2.45) is 5.41 Å². The topological polar surface area (TPSA) is 95.5 Å². The molecular formula is C14H18N2O4S. The molecule has 6 nitrogen and oxygen atoms in total. The number of anilines is 1. The van der Waals surface area contributed by atoms with Crippen LogP contribution in [0.25, 0.3) is 0 Å². The average Bonchev–Trinajstić information content (AvgIpc) is 2.38. The molecule has 1 aromatic carbocycles. The monoisotopic (exact) mass is 310 g/mol. The number of hydrogen-bond donors (Lipinski definition) is 3. The van der Waals surface area contributed by atoms with Gasteiger partial charge in [-0.1, -0.05) is 0 Å². The molecule has 3 amide bonds. The number of carbonyl (C=O) groups is 3. The Bertz CT molecular complexity index is 540. The molecule has 0 aliphatic carbocycles.